The minimum Gasteiger partial charge on any atom is -0.465 e. The van der Waals surface area contributed by atoms with Gasteiger partial charge in [-0.1, -0.05) is 44.2 Å². The van der Waals surface area contributed by atoms with Crippen LogP contribution in [0.25, 0.3) is 0 Å². The van der Waals surface area contributed by atoms with Crippen LogP contribution < -0.4 is 5.32 Å². The first-order valence-corrected chi connectivity index (χ1v) is 8.69. The molecule has 24 heavy (non-hydrogen) atoms. The molecule has 0 fully saturated rings. The number of esters is 1. The maximum atomic E-state index is 12.3. The molecule has 0 saturated heterocycles. The quantitative estimate of drug-likeness (QED) is 0.805. The zero-order valence-electron chi connectivity index (χ0n) is 14.5. The number of hydrogen-bond donors (Lipinski definition) is 1. The molecule has 0 saturated carbocycles. The highest BCUT2D eigenvalue weighted by Gasteiger charge is 2.24. The summed E-state index contributed by atoms with van der Waals surface area (Å²) in [5, 5.41) is 3.01. The van der Waals surface area contributed by atoms with Crippen LogP contribution >= 0.6 is 11.3 Å². The van der Waals surface area contributed by atoms with Gasteiger partial charge in [-0.25, -0.2) is 4.79 Å². The number of rotatable bonds is 6. The van der Waals surface area contributed by atoms with Crippen LogP contribution in [0.4, 0.5) is 0 Å². The first-order chi connectivity index (χ1) is 11.3. The van der Waals surface area contributed by atoms with Gasteiger partial charge in [-0.05, 0) is 36.5 Å². The van der Waals surface area contributed by atoms with Gasteiger partial charge < -0.3 is 10.1 Å². The Balaban J connectivity index is 1.99. The van der Waals surface area contributed by atoms with Crippen molar-refractivity contribution in [3.63, 3.8) is 0 Å². The maximum Gasteiger partial charge on any atom is 0.348 e. The van der Waals surface area contributed by atoms with Crippen LogP contribution in [-0.4, -0.2) is 25.0 Å². The van der Waals surface area contributed by atoms with Gasteiger partial charge in [0.05, 0.1) is 12.0 Å². The van der Waals surface area contributed by atoms with Gasteiger partial charge in [0.15, 0.2) is 0 Å². The highest BCUT2D eigenvalue weighted by atomic mass is 32.1. The lowest BCUT2D eigenvalue weighted by atomic mass is 9.79. The Morgan fingerprint density at radius 3 is 2.38 bits per heavy atom. The molecule has 128 valence electrons. The molecule has 2 rings (SSSR count). The predicted molar refractivity (Wildman–Crippen MR) is 96.7 cm³/mol. The Kier molecular flexibility index (Phi) is 5.78. The third-order valence-electron chi connectivity index (χ3n) is 3.97. The standard InChI is InChI=1S/C19H23NO3S/c1-13(12-19(2,3)14-8-6-5-7-9-14)20-17(21)15-10-11-16(24-15)18(22)23-4/h5-11,13H,12H2,1-4H3,(H,20,21). The fraction of sp³-hybridized carbons (Fsp3) is 0.368. The number of methoxy groups -OCH3 is 1. The summed E-state index contributed by atoms with van der Waals surface area (Å²) in [6.45, 7) is 6.34. The molecular weight excluding hydrogens is 322 g/mol. The van der Waals surface area contributed by atoms with E-state index in [0.717, 1.165) is 17.8 Å². The van der Waals surface area contributed by atoms with Crippen LogP contribution in [-0.2, 0) is 10.2 Å². The minimum absolute atomic E-state index is 0.0105. The van der Waals surface area contributed by atoms with E-state index in [1.807, 2.05) is 25.1 Å². The number of nitrogens with one attached hydrogen (secondary N) is 1. The lowest BCUT2D eigenvalue weighted by Crippen LogP contribution is -2.36. The molecule has 0 spiro atoms. The minimum atomic E-state index is -0.419. The zero-order chi connectivity index (χ0) is 17.7. The molecule has 1 heterocycles. The van der Waals surface area contributed by atoms with E-state index in [1.54, 1.807) is 12.1 Å². The second-order valence-electron chi connectivity index (χ2n) is 6.48. The number of ether oxygens (including phenoxy) is 1. The summed E-state index contributed by atoms with van der Waals surface area (Å²) in [5.41, 5.74) is 1.20. The molecule has 4 nitrogen and oxygen atoms in total. The van der Waals surface area contributed by atoms with Crippen LogP contribution in [0.1, 0.15) is 52.1 Å². The molecule has 1 atom stereocenters. The summed E-state index contributed by atoms with van der Waals surface area (Å²) < 4.78 is 4.67. The van der Waals surface area contributed by atoms with Gasteiger partial charge in [0.25, 0.3) is 5.91 Å². The van der Waals surface area contributed by atoms with Crippen molar-refractivity contribution in [1.29, 1.82) is 0 Å². The van der Waals surface area contributed by atoms with Crippen molar-refractivity contribution in [1.82, 2.24) is 5.32 Å². The molecule has 2 aromatic rings. The van der Waals surface area contributed by atoms with Crippen LogP contribution in [0.15, 0.2) is 42.5 Å². The van der Waals surface area contributed by atoms with E-state index in [9.17, 15) is 9.59 Å². The third kappa shape index (κ3) is 4.45. The van der Waals surface area contributed by atoms with Gasteiger partial charge in [0.2, 0.25) is 0 Å². The van der Waals surface area contributed by atoms with Gasteiger partial charge in [0.1, 0.15) is 4.88 Å². The Labute approximate surface area is 146 Å². The molecule has 0 radical (unpaired) electrons. The Hall–Kier alpha value is -2.14. The highest BCUT2D eigenvalue weighted by molar-refractivity contribution is 7.15. The summed E-state index contributed by atoms with van der Waals surface area (Å²) in [6, 6.07) is 13.6. The van der Waals surface area contributed by atoms with E-state index in [1.165, 1.54) is 12.7 Å². The molecule has 1 aromatic carbocycles. The first kappa shape index (κ1) is 18.2. The van der Waals surface area contributed by atoms with Crippen molar-refractivity contribution in [3.8, 4) is 0 Å². The Morgan fingerprint density at radius 1 is 1.12 bits per heavy atom. The second kappa shape index (κ2) is 7.62. The van der Waals surface area contributed by atoms with E-state index >= 15 is 0 Å². The fourth-order valence-electron chi connectivity index (χ4n) is 2.79. The van der Waals surface area contributed by atoms with Crippen LogP contribution in [0.2, 0.25) is 0 Å². The van der Waals surface area contributed by atoms with E-state index in [-0.39, 0.29) is 17.4 Å². The van der Waals surface area contributed by atoms with Gasteiger partial charge >= 0.3 is 5.97 Å². The molecular formula is C19H23NO3S. The average molecular weight is 345 g/mol. The summed E-state index contributed by atoms with van der Waals surface area (Å²) in [5.74, 6) is -0.580. The normalized spacial score (nSPS) is 12.5. The topological polar surface area (TPSA) is 55.4 Å². The highest BCUT2D eigenvalue weighted by Crippen LogP contribution is 2.28. The second-order valence-corrected chi connectivity index (χ2v) is 7.57. The number of carbonyl (C=O) groups is 2. The molecule has 1 unspecified atom stereocenters. The molecule has 0 aliphatic carbocycles. The molecule has 5 heteroatoms. The number of carbonyl (C=O) groups excluding carboxylic acids is 2. The van der Waals surface area contributed by atoms with Crippen molar-refractivity contribution in [2.75, 3.05) is 7.11 Å². The molecule has 1 aromatic heterocycles. The largest absolute Gasteiger partial charge is 0.465 e. The predicted octanol–water partition coefficient (Wildman–Crippen LogP) is 4.02. The zero-order valence-corrected chi connectivity index (χ0v) is 15.3. The summed E-state index contributed by atoms with van der Waals surface area (Å²) in [4.78, 5) is 24.8. The van der Waals surface area contributed by atoms with Gasteiger partial charge in [0, 0.05) is 6.04 Å². The van der Waals surface area contributed by atoms with Crippen molar-refractivity contribution < 1.29 is 14.3 Å². The smallest absolute Gasteiger partial charge is 0.348 e. The van der Waals surface area contributed by atoms with Crippen molar-refractivity contribution in [2.24, 2.45) is 0 Å². The summed E-state index contributed by atoms with van der Waals surface area (Å²) in [6.07, 6.45) is 0.817. The molecule has 0 bridgehead atoms. The molecule has 0 aliphatic heterocycles. The van der Waals surface area contributed by atoms with Crippen LogP contribution in [0.3, 0.4) is 0 Å². The van der Waals surface area contributed by atoms with Gasteiger partial charge in [-0.2, -0.15) is 0 Å². The van der Waals surface area contributed by atoms with Gasteiger partial charge in [-0.15, -0.1) is 11.3 Å². The number of benzene rings is 1. The lowest BCUT2D eigenvalue weighted by Gasteiger charge is -2.29. The third-order valence-corrected chi connectivity index (χ3v) is 5.03. The summed E-state index contributed by atoms with van der Waals surface area (Å²) >= 11 is 1.14. The van der Waals surface area contributed by atoms with E-state index in [2.05, 4.69) is 36.0 Å². The van der Waals surface area contributed by atoms with E-state index < -0.39 is 5.97 Å². The van der Waals surface area contributed by atoms with Crippen LogP contribution in [0.5, 0.6) is 0 Å². The number of thiophene rings is 1. The van der Waals surface area contributed by atoms with E-state index in [0.29, 0.717) is 9.75 Å². The SMILES string of the molecule is COC(=O)c1ccc(C(=O)NC(C)CC(C)(C)c2ccccc2)s1. The Bertz CT molecular complexity index is 706. The van der Waals surface area contributed by atoms with Crippen molar-refractivity contribution in [3.05, 3.63) is 57.8 Å². The Morgan fingerprint density at radius 2 is 1.75 bits per heavy atom. The average Bonchev–Trinajstić information content (AvgIpc) is 3.04. The maximum absolute atomic E-state index is 12.3. The van der Waals surface area contributed by atoms with Crippen molar-refractivity contribution in [2.45, 2.75) is 38.6 Å². The van der Waals surface area contributed by atoms with Crippen molar-refractivity contribution >= 4 is 23.2 Å². The number of hydrogen-bond acceptors (Lipinski definition) is 4. The first-order valence-electron chi connectivity index (χ1n) is 7.88. The lowest BCUT2D eigenvalue weighted by molar-refractivity contribution is 0.0606. The summed E-state index contributed by atoms with van der Waals surface area (Å²) in [7, 11) is 1.33. The number of amides is 1. The fourth-order valence-corrected chi connectivity index (χ4v) is 3.62. The molecule has 0 aliphatic rings. The molecule has 1 N–H and O–H groups in total. The van der Waals surface area contributed by atoms with Crippen LogP contribution in [0, 0.1) is 0 Å². The van der Waals surface area contributed by atoms with E-state index in [4.69, 9.17) is 0 Å². The van der Waals surface area contributed by atoms with Gasteiger partial charge in [-0.3, -0.25) is 4.79 Å². The molecule has 1 amide bonds. The monoisotopic (exact) mass is 345 g/mol.